The number of carbonyl (C=O) groups is 2. The molecule has 1 fully saturated rings. The standard InChI is InChI=1S/C12H13Cl2N3O2/c13-9-3-1-7(5-10(9)14)16-12(19)17-8-2-4-11(18)15-6-8/h1,3,5,8H,2,4,6H2,(H,15,18)(H2,16,17,19). The second kappa shape index (κ2) is 6.12. The monoisotopic (exact) mass is 301 g/mol. The van der Waals surface area contributed by atoms with E-state index in [0.717, 1.165) is 0 Å². The SMILES string of the molecule is O=C1CCC(NC(=O)Nc2ccc(Cl)c(Cl)c2)CN1. The van der Waals surface area contributed by atoms with Crippen LogP contribution in [-0.2, 0) is 4.79 Å². The van der Waals surface area contributed by atoms with Gasteiger partial charge in [-0.05, 0) is 24.6 Å². The van der Waals surface area contributed by atoms with E-state index in [1.54, 1.807) is 18.2 Å². The molecule has 0 spiro atoms. The van der Waals surface area contributed by atoms with E-state index in [2.05, 4.69) is 16.0 Å². The van der Waals surface area contributed by atoms with Gasteiger partial charge >= 0.3 is 6.03 Å². The molecule has 0 aliphatic carbocycles. The number of carbonyl (C=O) groups excluding carboxylic acids is 2. The molecular weight excluding hydrogens is 289 g/mol. The van der Waals surface area contributed by atoms with Gasteiger partial charge in [0, 0.05) is 24.7 Å². The highest BCUT2D eigenvalue weighted by atomic mass is 35.5. The van der Waals surface area contributed by atoms with Crippen molar-refractivity contribution in [3.8, 4) is 0 Å². The van der Waals surface area contributed by atoms with Gasteiger partial charge < -0.3 is 16.0 Å². The summed E-state index contributed by atoms with van der Waals surface area (Å²) < 4.78 is 0. The Morgan fingerprint density at radius 1 is 1.32 bits per heavy atom. The largest absolute Gasteiger partial charge is 0.354 e. The molecule has 0 aromatic heterocycles. The number of nitrogens with one attached hydrogen (secondary N) is 3. The van der Waals surface area contributed by atoms with Gasteiger partial charge in [0.25, 0.3) is 0 Å². The van der Waals surface area contributed by atoms with Gasteiger partial charge in [0.05, 0.1) is 10.0 Å². The first-order chi connectivity index (χ1) is 9.04. The van der Waals surface area contributed by atoms with E-state index >= 15 is 0 Å². The summed E-state index contributed by atoms with van der Waals surface area (Å²) in [6.45, 7) is 0.452. The van der Waals surface area contributed by atoms with E-state index in [9.17, 15) is 9.59 Å². The lowest BCUT2D eigenvalue weighted by molar-refractivity contribution is -0.122. The molecule has 19 heavy (non-hydrogen) atoms. The molecule has 1 atom stereocenters. The zero-order valence-corrected chi connectivity index (χ0v) is 11.5. The van der Waals surface area contributed by atoms with Gasteiger partial charge in [0.2, 0.25) is 5.91 Å². The van der Waals surface area contributed by atoms with Crippen LogP contribution in [0.15, 0.2) is 18.2 Å². The molecule has 3 N–H and O–H groups in total. The molecule has 1 heterocycles. The van der Waals surface area contributed by atoms with Crippen molar-refractivity contribution >= 4 is 40.8 Å². The maximum absolute atomic E-state index is 11.7. The lowest BCUT2D eigenvalue weighted by atomic mass is 10.1. The van der Waals surface area contributed by atoms with E-state index in [4.69, 9.17) is 23.2 Å². The lowest BCUT2D eigenvalue weighted by Gasteiger charge is -2.23. The zero-order valence-electron chi connectivity index (χ0n) is 10.0. The van der Waals surface area contributed by atoms with Crippen LogP contribution in [-0.4, -0.2) is 24.5 Å². The van der Waals surface area contributed by atoms with E-state index in [0.29, 0.717) is 35.1 Å². The number of urea groups is 1. The molecule has 102 valence electrons. The van der Waals surface area contributed by atoms with Gasteiger partial charge in [-0.1, -0.05) is 23.2 Å². The smallest absolute Gasteiger partial charge is 0.319 e. The normalized spacial score (nSPS) is 18.6. The number of benzene rings is 1. The Labute approximate surface area is 120 Å². The fraction of sp³-hybridized carbons (Fsp3) is 0.333. The van der Waals surface area contributed by atoms with Gasteiger partial charge in [-0.15, -0.1) is 0 Å². The number of hydrogen-bond donors (Lipinski definition) is 3. The van der Waals surface area contributed by atoms with Gasteiger partial charge in [0.1, 0.15) is 0 Å². The van der Waals surface area contributed by atoms with Crippen molar-refractivity contribution in [2.24, 2.45) is 0 Å². The molecule has 1 unspecified atom stereocenters. The number of rotatable bonds is 2. The van der Waals surface area contributed by atoms with Gasteiger partial charge in [0.15, 0.2) is 0 Å². The number of anilines is 1. The third-order valence-corrected chi connectivity index (χ3v) is 3.52. The first-order valence-electron chi connectivity index (χ1n) is 5.84. The maximum atomic E-state index is 11.7. The van der Waals surface area contributed by atoms with Crippen LogP contribution >= 0.6 is 23.2 Å². The molecular formula is C12H13Cl2N3O2. The van der Waals surface area contributed by atoms with Crippen molar-refractivity contribution in [2.75, 3.05) is 11.9 Å². The predicted molar refractivity (Wildman–Crippen MR) is 74.6 cm³/mol. The first kappa shape index (κ1) is 14.0. The maximum Gasteiger partial charge on any atom is 0.319 e. The van der Waals surface area contributed by atoms with Crippen LogP contribution in [0.25, 0.3) is 0 Å². The Kier molecular flexibility index (Phi) is 4.50. The Balaban J connectivity index is 1.87. The lowest BCUT2D eigenvalue weighted by Crippen LogP contribution is -2.48. The summed E-state index contributed by atoms with van der Waals surface area (Å²) in [4.78, 5) is 22.7. The van der Waals surface area contributed by atoms with Gasteiger partial charge in [-0.25, -0.2) is 4.79 Å². The fourth-order valence-electron chi connectivity index (χ4n) is 1.78. The van der Waals surface area contributed by atoms with E-state index in [-0.39, 0.29) is 18.0 Å². The van der Waals surface area contributed by atoms with Crippen LogP contribution in [0.2, 0.25) is 10.0 Å². The number of halogens is 2. The molecule has 5 nitrogen and oxygen atoms in total. The average Bonchev–Trinajstić information content (AvgIpc) is 2.37. The summed E-state index contributed by atoms with van der Waals surface area (Å²) in [7, 11) is 0. The van der Waals surface area contributed by atoms with Crippen molar-refractivity contribution < 1.29 is 9.59 Å². The minimum absolute atomic E-state index is 0.0166. The summed E-state index contributed by atoms with van der Waals surface area (Å²) in [6, 6.07) is 4.46. The molecule has 1 aliphatic heterocycles. The van der Waals surface area contributed by atoms with Gasteiger partial charge in [-0.3, -0.25) is 4.79 Å². The van der Waals surface area contributed by atoms with E-state index < -0.39 is 0 Å². The molecule has 1 aliphatic rings. The van der Waals surface area contributed by atoms with Crippen LogP contribution in [0.4, 0.5) is 10.5 Å². The zero-order chi connectivity index (χ0) is 13.8. The average molecular weight is 302 g/mol. The Morgan fingerprint density at radius 2 is 2.11 bits per heavy atom. The topological polar surface area (TPSA) is 70.2 Å². The van der Waals surface area contributed by atoms with Crippen LogP contribution in [0, 0.1) is 0 Å². The predicted octanol–water partition coefficient (Wildman–Crippen LogP) is 2.39. The molecule has 7 heteroatoms. The molecule has 0 saturated carbocycles. The van der Waals surface area contributed by atoms with Crippen LogP contribution in [0.5, 0.6) is 0 Å². The van der Waals surface area contributed by atoms with Crippen LogP contribution in [0.3, 0.4) is 0 Å². The number of piperidine rings is 1. The summed E-state index contributed by atoms with van der Waals surface area (Å²) in [5.74, 6) is 0.0166. The quantitative estimate of drug-likeness (QED) is 0.785. The van der Waals surface area contributed by atoms with Crippen molar-refractivity contribution in [1.82, 2.24) is 10.6 Å². The van der Waals surface area contributed by atoms with Crippen LogP contribution in [0.1, 0.15) is 12.8 Å². The molecule has 0 bridgehead atoms. The van der Waals surface area contributed by atoms with Crippen molar-refractivity contribution in [2.45, 2.75) is 18.9 Å². The highest BCUT2D eigenvalue weighted by Crippen LogP contribution is 2.24. The van der Waals surface area contributed by atoms with Crippen molar-refractivity contribution in [1.29, 1.82) is 0 Å². The number of hydrogen-bond acceptors (Lipinski definition) is 2. The molecule has 3 amide bonds. The van der Waals surface area contributed by atoms with Gasteiger partial charge in [-0.2, -0.15) is 0 Å². The summed E-state index contributed by atoms with van der Waals surface area (Å²) in [5, 5.41) is 8.95. The minimum atomic E-state index is -0.334. The fourth-order valence-corrected chi connectivity index (χ4v) is 2.08. The third-order valence-electron chi connectivity index (χ3n) is 2.78. The van der Waals surface area contributed by atoms with E-state index in [1.807, 2.05) is 0 Å². The Bertz CT molecular complexity index is 498. The summed E-state index contributed by atoms with van der Waals surface area (Å²) in [5.41, 5.74) is 0.562. The molecule has 0 radical (unpaired) electrons. The molecule has 1 aromatic carbocycles. The highest BCUT2D eigenvalue weighted by Gasteiger charge is 2.19. The third kappa shape index (κ3) is 4.01. The van der Waals surface area contributed by atoms with E-state index in [1.165, 1.54) is 0 Å². The Hall–Kier alpha value is -1.46. The second-order valence-electron chi connectivity index (χ2n) is 4.27. The molecule has 2 rings (SSSR count). The number of amides is 3. The van der Waals surface area contributed by atoms with Crippen molar-refractivity contribution in [3.63, 3.8) is 0 Å². The van der Waals surface area contributed by atoms with Crippen LogP contribution < -0.4 is 16.0 Å². The first-order valence-corrected chi connectivity index (χ1v) is 6.59. The summed E-state index contributed by atoms with van der Waals surface area (Å²) >= 11 is 11.6. The highest BCUT2D eigenvalue weighted by molar-refractivity contribution is 6.42. The molecule has 1 aromatic rings. The Morgan fingerprint density at radius 3 is 2.74 bits per heavy atom. The summed E-state index contributed by atoms with van der Waals surface area (Å²) in [6.07, 6.45) is 1.07. The minimum Gasteiger partial charge on any atom is -0.354 e. The molecule has 1 saturated heterocycles. The second-order valence-corrected chi connectivity index (χ2v) is 5.08. The van der Waals surface area contributed by atoms with Crippen molar-refractivity contribution in [3.05, 3.63) is 28.2 Å².